The van der Waals surface area contributed by atoms with Crippen LogP contribution in [0.25, 0.3) is 10.4 Å². The average Bonchev–Trinajstić information content (AvgIpc) is 3.19. The first-order valence-electron chi connectivity index (χ1n) is 11.3. The van der Waals surface area contributed by atoms with Gasteiger partial charge in [0.2, 0.25) is 0 Å². The lowest BCUT2D eigenvalue weighted by Gasteiger charge is -2.29. The summed E-state index contributed by atoms with van der Waals surface area (Å²) in [6, 6.07) is 14.7. The van der Waals surface area contributed by atoms with Gasteiger partial charge in [0.25, 0.3) is 11.8 Å². The molecule has 176 valence electrons. The standard InChI is InChI=1S/C26H25ClN2O4S/c1-28(21-5-3-2-4-20(21)27)26(32)23-15-16-10-13-33-22-14-17(6-7-19(22)24(16)34-23)25(31)29-11-8-18(30)9-12-29/h2-7,14-15,18,30H,8-13H2,1H3. The van der Waals surface area contributed by atoms with Gasteiger partial charge in [-0.25, -0.2) is 0 Å². The molecule has 3 heterocycles. The van der Waals surface area contributed by atoms with Crippen LogP contribution in [0.4, 0.5) is 5.69 Å². The molecule has 2 aromatic carbocycles. The van der Waals surface area contributed by atoms with E-state index in [0.29, 0.717) is 65.9 Å². The van der Waals surface area contributed by atoms with Crippen LogP contribution < -0.4 is 9.64 Å². The van der Waals surface area contributed by atoms with E-state index in [1.54, 1.807) is 29.0 Å². The lowest BCUT2D eigenvalue weighted by molar-refractivity contribution is 0.0546. The molecule has 0 radical (unpaired) electrons. The number of carbonyl (C=O) groups excluding carboxylic acids is 2. The molecule has 0 atom stereocenters. The monoisotopic (exact) mass is 496 g/mol. The van der Waals surface area contributed by atoms with Crippen LogP contribution in [0, 0.1) is 0 Å². The molecule has 2 amide bonds. The number of para-hydroxylation sites is 1. The van der Waals surface area contributed by atoms with E-state index >= 15 is 0 Å². The number of piperidine rings is 1. The molecule has 2 aliphatic rings. The van der Waals surface area contributed by atoms with Crippen molar-refractivity contribution in [2.75, 3.05) is 31.6 Å². The van der Waals surface area contributed by atoms with E-state index in [4.69, 9.17) is 16.3 Å². The molecule has 34 heavy (non-hydrogen) atoms. The van der Waals surface area contributed by atoms with Gasteiger partial charge in [-0.15, -0.1) is 11.3 Å². The zero-order valence-electron chi connectivity index (χ0n) is 18.8. The third-order valence-corrected chi connectivity index (χ3v) is 7.91. The number of halogens is 1. The summed E-state index contributed by atoms with van der Waals surface area (Å²) in [6.07, 6.45) is 1.55. The fourth-order valence-electron chi connectivity index (χ4n) is 4.43. The summed E-state index contributed by atoms with van der Waals surface area (Å²) in [7, 11) is 1.73. The number of anilines is 1. The smallest absolute Gasteiger partial charge is 0.268 e. The number of carbonyl (C=O) groups is 2. The third kappa shape index (κ3) is 4.31. The first-order chi connectivity index (χ1) is 16.4. The van der Waals surface area contributed by atoms with Gasteiger partial charge in [0.1, 0.15) is 5.75 Å². The number of rotatable bonds is 3. The zero-order chi connectivity index (χ0) is 23.8. The van der Waals surface area contributed by atoms with Crippen molar-refractivity contribution in [1.29, 1.82) is 0 Å². The fraction of sp³-hybridized carbons (Fsp3) is 0.308. The second kappa shape index (κ2) is 9.41. The minimum absolute atomic E-state index is 0.0498. The molecule has 1 saturated heterocycles. The number of amides is 2. The highest BCUT2D eigenvalue weighted by molar-refractivity contribution is 7.17. The quantitative estimate of drug-likeness (QED) is 0.561. The fourth-order valence-corrected chi connectivity index (χ4v) is 5.91. The number of aliphatic hydroxyl groups is 1. The van der Waals surface area contributed by atoms with Crippen molar-refractivity contribution in [1.82, 2.24) is 4.90 Å². The lowest BCUT2D eigenvalue weighted by atomic mass is 10.0. The molecule has 1 aromatic heterocycles. The van der Waals surface area contributed by atoms with Crippen molar-refractivity contribution in [2.24, 2.45) is 0 Å². The zero-order valence-corrected chi connectivity index (χ0v) is 20.4. The van der Waals surface area contributed by atoms with Gasteiger partial charge in [0.05, 0.1) is 28.3 Å². The number of benzene rings is 2. The van der Waals surface area contributed by atoms with Crippen LogP contribution in [0.2, 0.25) is 5.02 Å². The molecule has 8 heteroatoms. The second-order valence-corrected chi connectivity index (χ2v) is 10.1. The van der Waals surface area contributed by atoms with Gasteiger partial charge >= 0.3 is 0 Å². The van der Waals surface area contributed by atoms with Crippen molar-refractivity contribution in [3.8, 4) is 16.2 Å². The topological polar surface area (TPSA) is 70.1 Å². The molecular weight excluding hydrogens is 472 g/mol. The highest BCUT2D eigenvalue weighted by Gasteiger charge is 2.26. The van der Waals surface area contributed by atoms with E-state index in [2.05, 4.69) is 0 Å². The number of hydrogen-bond donors (Lipinski definition) is 1. The van der Waals surface area contributed by atoms with Gasteiger partial charge in [0, 0.05) is 42.6 Å². The van der Waals surface area contributed by atoms with Crippen molar-refractivity contribution < 1.29 is 19.4 Å². The van der Waals surface area contributed by atoms with Gasteiger partial charge < -0.3 is 19.6 Å². The molecule has 1 fully saturated rings. The van der Waals surface area contributed by atoms with Crippen LogP contribution in [-0.2, 0) is 6.42 Å². The largest absolute Gasteiger partial charge is 0.493 e. The highest BCUT2D eigenvalue weighted by atomic mass is 35.5. The summed E-state index contributed by atoms with van der Waals surface area (Å²) >= 11 is 7.73. The SMILES string of the molecule is CN(C(=O)c1cc2c(s1)-c1ccc(C(=O)N3CCC(O)CC3)cc1OCC2)c1ccccc1Cl. The Bertz CT molecular complexity index is 1250. The Morgan fingerprint density at radius 1 is 1.15 bits per heavy atom. The van der Waals surface area contributed by atoms with Crippen LogP contribution in [0.1, 0.15) is 38.4 Å². The minimum Gasteiger partial charge on any atom is -0.493 e. The summed E-state index contributed by atoms with van der Waals surface area (Å²) in [5.41, 5.74) is 3.19. The van der Waals surface area contributed by atoms with Crippen molar-refractivity contribution in [2.45, 2.75) is 25.4 Å². The Balaban J connectivity index is 1.42. The number of nitrogens with zero attached hydrogens (tertiary/aromatic N) is 2. The maximum Gasteiger partial charge on any atom is 0.268 e. The van der Waals surface area contributed by atoms with Crippen LogP contribution in [0.15, 0.2) is 48.5 Å². The number of likely N-dealkylation sites (tertiary alicyclic amines) is 1. The molecule has 2 aliphatic heterocycles. The van der Waals surface area contributed by atoms with E-state index in [0.717, 1.165) is 16.0 Å². The van der Waals surface area contributed by atoms with Gasteiger partial charge in [-0.2, -0.15) is 0 Å². The van der Waals surface area contributed by atoms with Crippen LogP contribution >= 0.6 is 22.9 Å². The molecule has 0 aliphatic carbocycles. The molecule has 3 aromatic rings. The summed E-state index contributed by atoms with van der Waals surface area (Å²) in [6.45, 7) is 1.58. The van der Waals surface area contributed by atoms with Gasteiger partial charge in [-0.3, -0.25) is 9.59 Å². The van der Waals surface area contributed by atoms with E-state index in [9.17, 15) is 14.7 Å². The van der Waals surface area contributed by atoms with Crippen LogP contribution in [0.5, 0.6) is 5.75 Å². The molecule has 6 nitrogen and oxygen atoms in total. The summed E-state index contributed by atoms with van der Waals surface area (Å²) in [5, 5.41) is 10.2. The highest BCUT2D eigenvalue weighted by Crippen LogP contribution is 2.42. The number of hydrogen-bond acceptors (Lipinski definition) is 5. The van der Waals surface area contributed by atoms with E-state index in [1.807, 2.05) is 36.4 Å². The van der Waals surface area contributed by atoms with Crippen molar-refractivity contribution in [3.05, 3.63) is 69.6 Å². The van der Waals surface area contributed by atoms with Crippen molar-refractivity contribution >= 4 is 40.4 Å². The minimum atomic E-state index is -0.328. The number of aliphatic hydroxyl groups excluding tert-OH is 1. The van der Waals surface area contributed by atoms with Crippen LogP contribution in [0.3, 0.4) is 0 Å². The Kier molecular flexibility index (Phi) is 6.34. The Morgan fingerprint density at radius 3 is 2.68 bits per heavy atom. The summed E-state index contributed by atoms with van der Waals surface area (Å²) in [5.74, 6) is 0.487. The van der Waals surface area contributed by atoms with E-state index in [-0.39, 0.29) is 17.9 Å². The first-order valence-corrected chi connectivity index (χ1v) is 12.5. The van der Waals surface area contributed by atoms with Crippen molar-refractivity contribution in [3.63, 3.8) is 0 Å². The summed E-state index contributed by atoms with van der Waals surface area (Å²) < 4.78 is 6.00. The third-order valence-electron chi connectivity index (χ3n) is 6.39. The Labute approximate surface area is 207 Å². The summed E-state index contributed by atoms with van der Waals surface area (Å²) in [4.78, 5) is 31.2. The molecular formula is C26H25ClN2O4S. The average molecular weight is 497 g/mol. The molecule has 0 saturated carbocycles. The van der Waals surface area contributed by atoms with Gasteiger partial charge in [0.15, 0.2) is 0 Å². The Morgan fingerprint density at radius 2 is 1.91 bits per heavy atom. The predicted molar refractivity (Wildman–Crippen MR) is 134 cm³/mol. The molecule has 0 unspecified atom stereocenters. The first kappa shape index (κ1) is 22.9. The van der Waals surface area contributed by atoms with E-state index in [1.165, 1.54) is 11.3 Å². The molecule has 1 N–H and O–H groups in total. The maximum absolute atomic E-state index is 13.2. The number of fused-ring (bicyclic) bond motifs is 3. The van der Waals surface area contributed by atoms with Gasteiger partial charge in [-0.05, 0) is 54.8 Å². The maximum atomic E-state index is 13.2. The van der Waals surface area contributed by atoms with E-state index < -0.39 is 0 Å². The molecule has 0 bridgehead atoms. The number of thiophene rings is 1. The second-order valence-electron chi connectivity index (χ2n) is 8.61. The normalized spacial score (nSPS) is 15.7. The van der Waals surface area contributed by atoms with Crippen LogP contribution in [-0.4, -0.2) is 54.7 Å². The number of ether oxygens (including phenoxy) is 1. The molecule has 5 rings (SSSR count). The van der Waals surface area contributed by atoms with Gasteiger partial charge in [-0.1, -0.05) is 23.7 Å². The Hall–Kier alpha value is -2.87. The molecule has 0 spiro atoms. The lowest BCUT2D eigenvalue weighted by Crippen LogP contribution is -2.40. The predicted octanol–water partition coefficient (Wildman–Crippen LogP) is 4.88.